The SMILES string of the molecule is SCC(S)CSCC(CS)SCC(S)CS.SCC(S)CSCC(CS)SCC(S)CS. The van der Waals surface area contributed by atoms with Gasteiger partial charge in [-0.05, 0) is 0 Å². The van der Waals surface area contributed by atoms with Crippen molar-refractivity contribution in [3.8, 4) is 0 Å². The van der Waals surface area contributed by atoms with Gasteiger partial charge >= 0.3 is 0 Å². The molecule has 0 nitrogen and oxygen atoms in total. The van der Waals surface area contributed by atoms with Crippen LogP contribution >= 0.6 is 173 Å². The van der Waals surface area contributed by atoms with Crippen molar-refractivity contribution in [2.75, 3.05) is 69.0 Å². The van der Waals surface area contributed by atoms with Crippen LogP contribution in [0.15, 0.2) is 0 Å². The molecular weight excluding hydrogens is 665 g/mol. The lowest BCUT2D eigenvalue weighted by Gasteiger charge is -2.16. The van der Waals surface area contributed by atoms with Gasteiger partial charge in [0.2, 0.25) is 0 Å². The van der Waals surface area contributed by atoms with Gasteiger partial charge in [-0.25, -0.2) is 0 Å². The summed E-state index contributed by atoms with van der Waals surface area (Å²) >= 11 is 51.1. The van der Waals surface area contributed by atoms with E-state index in [9.17, 15) is 0 Å². The third kappa shape index (κ3) is 26.5. The summed E-state index contributed by atoms with van der Waals surface area (Å²) in [6.07, 6.45) is 0. The van der Waals surface area contributed by atoms with Crippen molar-refractivity contribution in [3.05, 3.63) is 0 Å². The van der Waals surface area contributed by atoms with Crippen LogP contribution in [0.2, 0.25) is 0 Å². The van der Waals surface area contributed by atoms with Crippen LogP contribution < -0.4 is 0 Å². The molecule has 6 atom stereocenters. The maximum absolute atomic E-state index is 4.43. The molecule has 0 amide bonds. The van der Waals surface area contributed by atoms with E-state index in [0.29, 0.717) is 31.5 Å². The zero-order chi connectivity index (χ0) is 24.8. The summed E-state index contributed by atoms with van der Waals surface area (Å²) in [4.78, 5) is 0. The third-order valence-corrected chi connectivity index (χ3v) is 16.0. The van der Waals surface area contributed by atoms with E-state index in [1.54, 1.807) is 0 Å². The molecule has 32 heavy (non-hydrogen) atoms. The lowest BCUT2D eigenvalue weighted by atomic mass is 10.5. The van der Waals surface area contributed by atoms with Crippen molar-refractivity contribution in [2.45, 2.75) is 31.5 Å². The van der Waals surface area contributed by atoms with Crippen LogP contribution in [0.25, 0.3) is 0 Å². The first-order valence-electron chi connectivity index (χ1n) is 10.0. The fourth-order valence-electron chi connectivity index (χ4n) is 1.68. The van der Waals surface area contributed by atoms with Gasteiger partial charge in [0.25, 0.3) is 0 Å². The molecule has 0 fully saturated rings. The molecule has 0 saturated heterocycles. The number of hydrogen-bond donors (Lipinski definition) is 10. The first-order chi connectivity index (χ1) is 15.3. The Morgan fingerprint density at radius 1 is 0.375 bits per heavy atom. The van der Waals surface area contributed by atoms with Gasteiger partial charge in [-0.3, -0.25) is 0 Å². The Morgan fingerprint density at radius 3 is 0.906 bits per heavy atom. The molecular formula is C18H40S14. The molecule has 196 valence electrons. The van der Waals surface area contributed by atoms with Crippen molar-refractivity contribution >= 4 is 173 Å². The summed E-state index contributed by atoms with van der Waals surface area (Å²) < 4.78 is 0. The highest BCUT2D eigenvalue weighted by molar-refractivity contribution is 8.05. The number of thiol groups is 10. The molecule has 0 radical (unpaired) electrons. The Kier molecular flexibility index (Phi) is 35.3. The van der Waals surface area contributed by atoms with Gasteiger partial charge in [0.15, 0.2) is 0 Å². The van der Waals surface area contributed by atoms with Crippen LogP contribution in [0.3, 0.4) is 0 Å². The minimum atomic E-state index is 0.385. The standard InChI is InChI=1S/2C9H20S7/c2*10-1-7(13)4-15-6-9(3-12)16-5-8(14)2-11/h2*7-14H,1-6H2. The van der Waals surface area contributed by atoms with Crippen LogP contribution in [0.1, 0.15) is 0 Å². The highest BCUT2D eigenvalue weighted by Gasteiger charge is 2.12. The first kappa shape index (κ1) is 39.0. The second-order valence-corrected chi connectivity index (χ2v) is 16.6. The Balaban J connectivity index is 0. The first-order valence-corrected chi connectivity index (χ1v) is 20.3. The molecule has 0 N–H and O–H groups in total. The van der Waals surface area contributed by atoms with Gasteiger partial charge in [-0.1, -0.05) is 0 Å². The van der Waals surface area contributed by atoms with E-state index in [-0.39, 0.29) is 0 Å². The molecule has 14 heteroatoms. The number of hydrogen-bond acceptors (Lipinski definition) is 14. The second-order valence-electron chi connectivity index (χ2n) is 6.70. The summed E-state index contributed by atoms with van der Waals surface area (Å²) in [6, 6.07) is 0. The molecule has 0 aromatic heterocycles. The third-order valence-electron chi connectivity index (χ3n) is 3.53. The normalized spacial score (nSPS) is 17.1. The predicted molar refractivity (Wildman–Crippen MR) is 201 cm³/mol. The number of rotatable bonds is 20. The van der Waals surface area contributed by atoms with Crippen molar-refractivity contribution in [2.24, 2.45) is 0 Å². The van der Waals surface area contributed by atoms with Gasteiger partial charge in [0.05, 0.1) is 0 Å². The monoisotopic (exact) mass is 704 g/mol. The highest BCUT2D eigenvalue weighted by Crippen LogP contribution is 2.23. The fraction of sp³-hybridized carbons (Fsp3) is 1.00. The van der Waals surface area contributed by atoms with E-state index in [1.807, 2.05) is 47.0 Å². The van der Waals surface area contributed by atoms with E-state index < -0.39 is 0 Å². The predicted octanol–water partition coefficient (Wildman–Crippen LogP) is 6.42. The maximum atomic E-state index is 4.43. The summed E-state index contributed by atoms with van der Waals surface area (Å²) in [7, 11) is 0. The van der Waals surface area contributed by atoms with E-state index in [4.69, 9.17) is 0 Å². The maximum Gasteiger partial charge on any atom is 0.0226 e. The molecule has 0 saturated carbocycles. The lowest BCUT2D eigenvalue weighted by molar-refractivity contribution is 1.10. The Hall–Kier alpha value is 4.90. The molecule has 0 rings (SSSR count). The van der Waals surface area contributed by atoms with Crippen LogP contribution in [0, 0.1) is 0 Å². The zero-order valence-electron chi connectivity index (χ0n) is 18.1. The smallest absolute Gasteiger partial charge is 0.0226 e. The lowest BCUT2D eigenvalue weighted by Crippen LogP contribution is -2.15. The largest absolute Gasteiger partial charge is 0.178 e. The highest BCUT2D eigenvalue weighted by atomic mass is 32.2. The van der Waals surface area contributed by atoms with E-state index >= 15 is 0 Å². The van der Waals surface area contributed by atoms with Gasteiger partial charge < -0.3 is 0 Å². The van der Waals surface area contributed by atoms with Gasteiger partial charge in [-0.2, -0.15) is 173 Å². The van der Waals surface area contributed by atoms with Crippen LogP contribution in [-0.4, -0.2) is 101 Å². The van der Waals surface area contributed by atoms with Crippen molar-refractivity contribution in [1.82, 2.24) is 0 Å². The molecule has 0 aliphatic heterocycles. The molecule has 0 aromatic rings. The van der Waals surface area contributed by atoms with Crippen LogP contribution in [0.4, 0.5) is 0 Å². The second kappa shape index (κ2) is 28.9. The summed E-state index contributed by atoms with van der Waals surface area (Å²) in [5.74, 6) is 11.7. The zero-order valence-corrected chi connectivity index (χ0v) is 30.3. The van der Waals surface area contributed by atoms with E-state index in [0.717, 1.165) is 69.0 Å². The minimum Gasteiger partial charge on any atom is -0.178 e. The van der Waals surface area contributed by atoms with Gasteiger partial charge in [0.1, 0.15) is 0 Å². The quantitative estimate of drug-likeness (QED) is 0.0666. The molecule has 0 aliphatic carbocycles. The molecule has 0 spiro atoms. The van der Waals surface area contributed by atoms with E-state index in [2.05, 4.69) is 126 Å². The Bertz CT molecular complexity index is 344. The van der Waals surface area contributed by atoms with Gasteiger partial charge in [-0.15, -0.1) is 0 Å². The van der Waals surface area contributed by atoms with E-state index in [1.165, 1.54) is 0 Å². The molecule has 0 bridgehead atoms. The summed E-state index contributed by atoms with van der Waals surface area (Å²) in [6.45, 7) is 0. The van der Waals surface area contributed by atoms with Crippen molar-refractivity contribution < 1.29 is 0 Å². The minimum absolute atomic E-state index is 0.385. The summed E-state index contributed by atoms with van der Waals surface area (Å²) in [5.41, 5.74) is 0. The average molecular weight is 705 g/mol. The van der Waals surface area contributed by atoms with Crippen molar-refractivity contribution in [3.63, 3.8) is 0 Å². The number of thioether (sulfide) groups is 4. The van der Waals surface area contributed by atoms with Crippen molar-refractivity contribution in [1.29, 1.82) is 0 Å². The molecule has 0 aliphatic rings. The van der Waals surface area contributed by atoms with Crippen LogP contribution in [-0.2, 0) is 0 Å². The topological polar surface area (TPSA) is 0 Å². The van der Waals surface area contributed by atoms with Crippen LogP contribution in [0.5, 0.6) is 0 Å². The fourth-order valence-corrected chi connectivity index (χ4v) is 9.88. The molecule has 0 heterocycles. The Labute approximate surface area is 270 Å². The molecule has 6 unspecified atom stereocenters. The molecule has 0 aromatic carbocycles. The van der Waals surface area contributed by atoms with Gasteiger partial charge in [0, 0.05) is 101 Å². The Morgan fingerprint density at radius 2 is 0.656 bits per heavy atom. The summed E-state index contributed by atoms with van der Waals surface area (Å²) in [5, 5.41) is 2.76. The average Bonchev–Trinajstić information content (AvgIpc) is 2.82.